The smallest absolute Gasteiger partial charge is 0.0285 e. The molecular formula is C14H37N5. The van der Waals surface area contributed by atoms with Crippen molar-refractivity contribution in [3.05, 3.63) is 0 Å². The van der Waals surface area contributed by atoms with Gasteiger partial charge in [0.15, 0.2) is 0 Å². The molecule has 0 aliphatic carbocycles. The minimum atomic E-state index is 0.816. The molecule has 0 saturated heterocycles. The van der Waals surface area contributed by atoms with Crippen LogP contribution in [0.4, 0.5) is 0 Å². The highest BCUT2D eigenvalue weighted by atomic mass is 15.7. The Balaban J connectivity index is 0. The lowest BCUT2D eigenvalue weighted by molar-refractivity contribution is 0.121. The first-order valence-electron chi connectivity index (χ1n) is 7.86. The van der Waals surface area contributed by atoms with Gasteiger partial charge in [-0.25, -0.2) is 10.9 Å². The number of nitrogens with two attached hydrogens (primary N) is 1. The predicted octanol–water partition coefficient (Wildman–Crippen LogP) is 1.42. The number of nitrogens with one attached hydrogen (secondary N) is 2. The van der Waals surface area contributed by atoms with Crippen molar-refractivity contribution in [2.45, 2.75) is 47.5 Å². The van der Waals surface area contributed by atoms with Gasteiger partial charge >= 0.3 is 0 Å². The van der Waals surface area contributed by atoms with Crippen LogP contribution < -0.4 is 16.6 Å². The minimum Gasteiger partial charge on any atom is -0.330 e. The van der Waals surface area contributed by atoms with E-state index in [9.17, 15) is 0 Å². The van der Waals surface area contributed by atoms with Gasteiger partial charge in [0.05, 0.1) is 0 Å². The molecule has 4 N–H and O–H groups in total. The second kappa shape index (κ2) is 17.8. The van der Waals surface area contributed by atoms with E-state index in [4.69, 9.17) is 5.73 Å². The van der Waals surface area contributed by atoms with Crippen LogP contribution >= 0.6 is 0 Å². The highest BCUT2D eigenvalue weighted by Crippen LogP contribution is 1.87. The molecule has 118 valence electrons. The van der Waals surface area contributed by atoms with Gasteiger partial charge in [0.2, 0.25) is 0 Å². The Bertz CT molecular complexity index is 137. The quantitative estimate of drug-likeness (QED) is 0.498. The topological polar surface area (TPSA) is 56.6 Å². The Morgan fingerprint density at radius 3 is 1.68 bits per heavy atom. The van der Waals surface area contributed by atoms with Crippen molar-refractivity contribution < 1.29 is 0 Å². The van der Waals surface area contributed by atoms with Crippen LogP contribution in [0.2, 0.25) is 0 Å². The predicted molar refractivity (Wildman–Crippen MR) is 85.8 cm³/mol. The van der Waals surface area contributed by atoms with E-state index >= 15 is 0 Å². The molecule has 0 amide bonds. The van der Waals surface area contributed by atoms with E-state index < -0.39 is 0 Å². The molecule has 0 aliphatic rings. The van der Waals surface area contributed by atoms with Gasteiger partial charge in [-0.2, -0.15) is 5.12 Å². The summed E-state index contributed by atoms with van der Waals surface area (Å²) in [5.74, 6) is 0. The molecule has 0 atom stereocenters. The van der Waals surface area contributed by atoms with Crippen LogP contribution in [0.3, 0.4) is 0 Å². The zero-order chi connectivity index (χ0) is 14.9. The molecule has 0 aromatic rings. The second-order valence-corrected chi connectivity index (χ2v) is 4.34. The lowest BCUT2D eigenvalue weighted by Gasteiger charge is -2.21. The third-order valence-corrected chi connectivity index (χ3v) is 2.72. The maximum absolute atomic E-state index is 5.36. The lowest BCUT2D eigenvalue weighted by Crippen LogP contribution is -2.48. The van der Waals surface area contributed by atoms with Crippen molar-refractivity contribution in [3.63, 3.8) is 0 Å². The van der Waals surface area contributed by atoms with Crippen LogP contribution in [0, 0.1) is 0 Å². The zero-order valence-electron chi connectivity index (χ0n) is 13.8. The van der Waals surface area contributed by atoms with Crippen LogP contribution in [-0.4, -0.2) is 55.8 Å². The van der Waals surface area contributed by atoms with Gasteiger partial charge in [-0.3, -0.25) is 0 Å². The van der Waals surface area contributed by atoms with Crippen LogP contribution in [0.1, 0.15) is 47.5 Å². The van der Waals surface area contributed by atoms with Gasteiger partial charge in [0.1, 0.15) is 0 Å². The average Bonchev–Trinajstić information content (AvgIpc) is 2.42. The monoisotopic (exact) mass is 275 g/mol. The minimum absolute atomic E-state index is 0.816. The Morgan fingerprint density at radius 2 is 1.37 bits per heavy atom. The fourth-order valence-electron chi connectivity index (χ4n) is 1.67. The number of hydrogen-bond acceptors (Lipinski definition) is 5. The molecule has 0 aromatic carbocycles. The molecule has 0 aliphatic heterocycles. The first kappa shape index (κ1) is 21.1. The van der Waals surface area contributed by atoms with E-state index in [1.54, 1.807) is 0 Å². The van der Waals surface area contributed by atoms with Gasteiger partial charge in [-0.15, -0.1) is 0 Å². The molecule has 5 nitrogen and oxygen atoms in total. The maximum Gasteiger partial charge on any atom is 0.0285 e. The molecule has 0 saturated carbocycles. The summed E-state index contributed by atoms with van der Waals surface area (Å²) < 4.78 is 0. The molecule has 0 aromatic heterocycles. The molecule has 0 fully saturated rings. The van der Waals surface area contributed by atoms with Crippen molar-refractivity contribution in [1.82, 2.24) is 20.9 Å². The standard InChI is InChI=1S/C7H19N3.C7H18N2/c1-4-7-10(8-5-2)9-6-3;1-3-9(4-2)7-5-6-8/h8-9H,4-7H2,1-3H3;3-8H2,1-2H3. The van der Waals surface area contributed by atoms with Crippen LogP contribution in [0.25, 0.3) is 0 Å². The average molecular weight is 275 g/mol. The van der Waals surface area contributed by atoms with Crippen molar-refractivity contribution in [2.24, 2.45) is 5.73 Å². The number of hydrazine groups is 2. The SMILES string of the molecule is CCCN(NCC)NCC.CCN(CC)CCCN. The van der Waals surface area contributed by atoms with Gasteiger partial charge in [0, 0.05) is 19.6 Å². The Kier molecular flexibility index (Phi) is 19.8. The summed E-state index contributed by atoms with van der Waals surface area (Å²) in [5, 5.41) is 2.04. The second-order valence-electron chi connectivity index (χ2n) is 4.34. The Hall–Kier alpha value is -0.200. The third kappa shape index (κ3) is 15.7. The van der Waals surface area contributed by atoms with Crippen molar-refractivity contribution in [1.29, 1.82) is 0 Å². The van der Waals surface area contributed by atoms with E-state index in [0.29, 0.717) is 0 Å². The lowest BCUT2D eigenvalue weighted by atomic mass is 10.4. The summed E-state index contributed by atoms with van der Waals surface area (Å²) in [5.41, 5.74) is 11.8. The largest absolute Gasteiger partial charge is 0.330 e. The number of nitrogens with zero attached hydrogens (tertiary/aromatic N) is 2. The van der Waals surface area contributed by atoms with Gasteiger partial charge in [-0.1, -0.05) is 34.6 Å². The van der Waals surface area contributed by atoms with E-state index in [2.05, 4.69) is 50.4 Å². The summed E-state index contributed by atoms with van der Waals surface area (Å²) in [6.07, 6.45) is 2.29. The Labute approximate surface area is 120 Å². The zero-order valence-corrected chi connectivity index (χ0v) is 13.8. The molecular weight excluding hydrogens is 238 g/mol. The fourth-order valence-corrected chi connectivity index (χ4v) is 1.67. The van der Waals surface area contributed by atoms with Crippen LogP contribution in [0.15, 0.2) is 0 Å². The molecule has 0 rings (SSSR count). The molecule has 0 radical (unpaired) electrons. The molecule has 19 heavy (non-hydrogen) atoms. The fraction of sp³-hybridized carbons (Fsp3) is 1.00. The third-order valence-electron chi connectivity index (χ3n) is 2.72. The van der Waals surface area contributed by atoms with E-state index in [0.717, 1.165) is 52.2 Å². The van der Waals surface area contributed by atoms with Gasteiger partial charge in [-0.05, 0) is 39.0 Å². The summed E-state index contributed by atoms with van der Waals surface area (Å²) in [7, 11) is 0. The molecule has 0 bridgehead atoms. The molecule has 0 spiro atoms. The van der Waals surface area contributed by atoms with Gasteiger partial charge in [0.25, 0.3) is 0 Å². The van der Waals surface area contributed by atoms with Crippen LogP contribution in [-0.2, 0) is 0 Å². The Morgan fingerprint density at radius 1 is 0.842 bits per heavy atom. The first-order chi connectivity index (χ1) is 9.19. The summed E-state index contributed by atoms with van der Waals surface area (Å²) in [6.45, 7) is 18.0. The van der Waals surface area contributed by atoms with Crippen molar-refractivity contribution in [2.75, 3.05) is 45.8 Å². The van der Waals surface area contributed by atoms with E-state index in [1.165, 1.54) is 6.42 Å². The highest BCUT2D eigenvalue weighted by molar-refractivity contribution is 4.51. The van der Waals surface area contributed by atoms with Crippen molar-refractivity contribution >= 4 is 0 Å². The molecule has 5 heteroatoms. The summed E-state index contributed by atoms with van der Waals surface area (Å²) in [6, 6.07) is 0. The molecule has 0 unspecified atom stereocenters. The number of hydrogen-bond donors (Lipinski definition) is 3. The van der Waals surface area contributed by atoms with Gasteiger partial charge < -0.3 is 10.6 Å². The number of rotatable bonds is 11. The highest BCUT2D eigenvalue weighted by Gasteiger charge is 1.96. The van der Waals surface area contributed by atoms with E-state index in [-0.39, 0.29) is 0 Å². The van der Waals surface area contributed by atoms with Crippen LogP contribution in [0.5, 0.6) is 0 Å². The van der Waals surface area contributed by atoms with Crippen molar-refractivity contribution in [3.8, 4) is 0 Å². The first-order valence-corrected chi connectivity index (χ1v) is 7.86. The molecule has 0 heterocycles. The summed E-state index contributed by atoms with van der Waals surface area (Å²) >= 11 is 0. The normalized spacial score (nSPS) is 10.7. The summed E-state index contributed by atoms with van der Waals surface area (Å²) in [4.78, 5) is 2.38. The van der Waals surface area contributed by atoms with E-state index in [1.807, 2.05) is 5.12 Å². The maximum atomic E-state index is 5.36.